The molecule has 1 nitrogen and oxygen atoms in total. The Morgan fingerprint density at radius 2 is 2.22 bits per heavy atom. The number of allylic oxidation sites excluding steroid dienone is 1. The summed E-state index contributed by atoms with van der Waals surface area (Å²) in [6.45, 7) is 2.14. The topological polar surface area (TPSA) is 26.0 Å². The number of rotatable bonds is 4. The van der Waals surface area contributed by atoms with Gasteiger partial charge in [-0.2, -0.15) is 0 Å². The Labute approximate surface area is 68.0 Å². The first kappa shape index (κ1) is 9.43. The standard InChI is InChI=1S/C7H15IN/c1-3-4-5-6-7(9)8-2/h4-5,7H,3,6,9H2,1-2H3/q-1/b5-4+. The predicted molar refractivity (Wildman–Crippen MR) is 37.9 cm³/mol. The van der Waals surface area contributed by atoms with Crippen LogP contribution in [-0.2, 0) is 0 Å². The SMILES string of the molecule is CC/C=C/CC(N)[I-]C. The second-order valence-electron chi connectivity index (χ2n) is 1.85. The van der Waals surface area contributed by atoms with Crippen LogP contribution in [0.25, 0.3) is 0 Å². The van der Waals surface area contributed by atoms with Crippen molar-refractivity contribution in [2.75, 3.05) is 4.93 Å². The quantitative estimate of drug-likeness (QED) is 0.271. The molecule has 0 spiro atoms. The molecule has 0 heterocycles. The second kappa shape index (κ2) is 6.55. The molecule has 0 radical (unpaired) electrons. The molecule has 0 saturated carbocycles. The Morgan fingerprint density at radius 3 is 2.67 bits per heavy atom. The molecule has 1 unspecified atom stereocenters. The Balaban J connectivity index is 3.15. The Bertz CT molecular complexity index is 81.0. The van der Waals surface area contributed by atoms with E-state index < -0.39 is 0 Å². The van der Waals surface area contributed by atoms with Crippen LogP contribution in [0.1, 0.15) is 19.8 Å². The summed E-state index contributed by atoms with van der Waals surface area (Å²) in [6, 6.07) is 0. The third-order valence-electron chi connectivity index (χ3n) is 1.04. The van der Waals surface area contributed by atoms with Gasteiger partial charge in [0.05, 0.1) is 0 Å². The van der Waals surface area contributed by atoms with Gasteiger partial charge in [0.1, 0.15) is 0 Å². The van der Waals surface area contributed by atoms with Crippen molar-refractivity contribution in [3.63, 3.8) is 0 Å². The normalized spacial score (nSPS) is 15.0. The predicted octanol–water partition coefficient (Wildman–Crippen LogP) is -1.65. The van der Waals surface area contributed by atoms with Gasteiger partial charge in [-0.3, -0.25) is 0 Å². The van der Waals surface area contributed by atoms with Gasteiger partial charge in [-0.1, -0.05) is 0 Å². The van der Waals surface area contributed by atoms with Crippen molar-refractivity contribution >= 4 is 0 Å². The van der Waals surface area contributed by atoms with Gasteiger partial charge in [-0.05, 0) is 0 Å². The van der Waals surface area contributed by atoms with Crippen LogP contribution in [-0.4, -0.2) is 8.98 Å². The molecular weight excluding hydrogens is 225 g/mol. The molecule has 0 saturated heterocycles. The van der Waals surface area contributed by atoms with Gasteiger partial charge in [0.2, 0.25) is 0 Å². The molecule has 56 valence electrons. The summed E-state index contributed by atoms with van der Waals surface area (Å²) in [5, 5.41) is 0. The van der Waals surface area contributed by atoms with E-state index in [1.165, 1.54) is 0 Å². The van der Waals surface area contributed by atoms with Crippen LogP contribution in [0.3, 0.4) is 0 Å². The molecule has 0 fully saturated rings. The zero-order valence-corrected chi connectivity index (χ0v) is 8.26. The van der Waals surface area contributed by atoms with E-state index in [0.29, 0.717) is 4.05 Å². The zero-order chi connectivity index (χ0) is 7.11. The third-order valence-corrected chi connectivity index (χ3v) is 3.15. The Kier molecular flexibility index (Phi) is 6.86. The molecule has 0 aliphatic carbocycles. The number of nitrogens with two attached hydrogens (primary N) is 1. The van der Waals surface area contributed by atoms with E-state index in [0.717, 1.165) is 12.8 Å². The summed E-state index contributed by atoms with van der Waals surface area (Å²) in [5.74, 6) is 0. The van der Waals surface area contributed by atoms with Crippen molar-refractivity contribution < 1.29 is 21.2 Å². The molecule has 0 aliphatic rings. The summed E-state index contributed by atoms with van der Waals surface area (Å²) in [6.07, 6.45) is 6.58. The van der Waals surface area contributed by atoms with Gasteiger partial charge in [0.25, 0.3) is 0 Å². The average molecular weight is 240 g/mol. The molecule has 2 N–H and O–H groups in total. The van der Waals surface area contributed by atoms with Gasteiger partial charge in [0, 0.05) is 0 Å². The molecule has 1 atom stereocenters. The molecule has 2 heteroatoms. The first-order chi connectivity index (χ1) is 4.31. The number of hydrogen-bond donors (Lipinski definition) is 1. The molecule has 0 bridgehead atoms. The van der Waals surface area contributed by atoms with Crippen LogP contribution in [0, 0.1) is 0 Å². The first-order valence-corrected chi connectivity index (χ1v) is 6.60. The number of hydrogen-bond acceptors (Lipinski definition) is 1. The zero-order valence-electron chi connectivity index (χ0n) is 6.10. The monoisotopic (exact) mass is 240 g/mol. The number of halogens is 1. The van der Waals surface area contributed by atoms with Crippen LogP contribution in [0.2, 0.25) is 0 Å². The molecule has 0 aromatic rings. The molecular formula is C7H15IN-. The first-order valence-electron chi connectivity index (χ1n) is 3.19. The van der Waals surface area contributed by atoms with Crippen molar-refractivity contribution in [3.8, 4) is 0 Å². The molecule has 9 heavy (non-hydrogen) atoms. The maximum absolute atomic E-state index is 5.71. The summed E-state index contributed by atoms with van der Waals surface area (Å²) < 4.78 is 0.478. The van der Waals surface area contributed by atoms with Crippen LogP contribution in [0.15, 0.2) is 12.2 Å². The van der Waals surface area contributed by atoms with Gasteiger partial charge in [0.15, 0.2) is 0 Å². The van der Waals surface area contributed by atoms with E-state index in [1.807, 2.05) is 0 Å². The van der Waals surface area contributed by atoms with Gasteiger partial charge in [-0.25, -0.2) is 0 Å². The fourth-order valence-corrected chi connectivity index (χ4v) is 1.28. The summed E-state index contributed by atoms with van der Waals surface area (Å²) in [7, 11) is 0. The second-order valence-corrected chi connectivity index (χ2v) is 4.70. The summed E-state index contributed by atoms with van der Waals surface area (Å²) in [4.78, 5) is 2.23. The molecule has 0 amide bonds. The fraction of sp³-hybridized carbons (Fsp3) is 0.714. The minimum absolute atomic E-state index is 0.253. The average Bonchev–Trinajstić information content (AvgIpc) is 1.89. The van der Waals surface area contributed by atoms with E-state index in [2.05, 4.69) is 24.0 Å². The van der Waals surface area contributed by atoms with Gasteiger partial charge >= 0.3 is 67.8 Å². The van der Waals surface area contributed by atoms with Crippen LogP contribution in [0.5, 0.6) is 0 Å². The van der Waals surface area contributed by atoms with Crippen molar-refractivity contribution in [3.05, 3.63) is 12.2 Å². The van der Waals surface area contributed by atoms with E-state index >= 15 is 0 Å². The van der Waals surface area contributed by atoms with Gasteiger partial charge < -0.3 is 0 Å². The third kappa shape index (κ3) is 6.31. The van der Waals surface area contributed by atoms with Crippen molar-refractivity contribution in [1.82, 2.24) is 0 Å². The summed E-state index contributed by atoms with van der Waals surface area (Å²) in [5.41, 5.74) is 5.71. The van der Waals surface area contributed by atoms with Crippen LogP contribution < -0.4 is 26.9 Å². The van der Waals surface area contributed by atoms with E-state index in [1.54, 1.807) is 0 Å². The van der Waals surface area contributed by atoms with Crippen molar-refractivity contribution in [2.24, 2.45) is 5.73 Å². The van der Waals surface area contributed by atoms with E-state index in [-0.39, 0.29) is 21.2 Å². The molecule has 0 aromatic heterocycles. The van der Waals surface area contributed by atoms with E-state index in [9.17, 15) is 0 Å². The molecule has 0 rings (SSSR count). The maximum atomic E-state index is 5.71. The van der Waals surface area contributed by atoms with Crippen LogP contribution >= 0.6 is 0 Å². The molecule has 0 aromatic carbocycles. The summed E-state index contributed by atoms with van der Waals surface area (Å²) >= 11 is 0.253. The number of alkyl halides is 2. The van der Waals surface area contributed by atoms with Crippen molar-refractivity contribution in [2.45, 2.75) is 23.8 Å². The van der Waals surface area contributed by atoms with Gasteiger partial charge in [-0.15, -0.1) is 0 Å². The minimum atomic E-state index is 0.253. The fourth-order valence-electron chi connectivity index (χ4n) is 0.482. The molecule has 0 aliphatic heterocycles. The Hall–Kier alpha value is 0.430. The van der Waals surface area contributed by atoms with Crippen LogP contribution in [0.4, 0.5) is 0 Å². The Morgan fingerprint density at radius 1 is 1.56 bits per heavy atom. The van der Waals surface area contributed by atoms with Crippen molar-refractivity contribution in [1.29, 1.82) is 0 Å². The van der Waals surface area contributed by atoms with E-state index in [4.69, 9.17) is 5.73 Å².